The molecule has 2 rings (SSSR count). The zero-order valence-electron chi connectivity index (χ0n) is 18.4. The number of nitrogens with zero attached hydrogens (tertiary/aromatic N) is 1. The highest BCUT2D eigenvalue weighted by molar-refractivity contribution is 6.35. The van der Waals surface area contributed by atoms with Gasteiger partial charge in [0.15, 0.2) is 0 Å². The van der Waals surface area contributed by atoms with Gasteiger partial charge in [0.05, 0.1) is 12.1 Å². The summed E-state index contributed by atoms with van der Waals surface area (Å²) >= 11 is 12.2. The third-order valence-electron chi connectivity index (χ3n) is 5.30. The lowest BCUT2D eigenvalue weighted by atomic mass is 9.95. The van der Waals surface area contributed by atoms with Crippen molar-refractivity contribution in [2.24, 2.45) is 5.92 Å². The highest BCUT2D eigenvalue weighted by atomic mass is 35.5. The number of likely N-dealkylation sites (tertiary alicyclic amines) is 1. The topological polar surface area (TPSA) is 70.7 Å². The third kappa shape index (κ3) is 7.64. The van der Waals surface area contributed by atoms with Gasteiger partial charge < -0.3 is 15.4 Å². The number of piperidine rings is 1. The number of ether oxygens (including phenoxy) is 1. The van der Waals surface area contributed by atoms with E-state index < -0.39 is 5.60 Å². The first-order valence-corrected chi connectivity index (χ1v) is 11.2. The Morgan fingerprint density at radius 3 is 2.40 bits per heavy atom. The minimum atomic E-state index is -0.496. The van der Waals surface area contributed by atoms with Gasteiger partial charge in [0, 0.05) is 16.6 Å². The first-order valence-electron chi connectivity index (χ1n) is 10.4. The minimum absolute atomic E-state index is 0.0288. The van der Waals surface area contributed by atoms with Gasteiger partial charge in [-0.25, -0.2) is 4.79 Å². The predicted molar refractivity (Wildman–Crippen MR) is 121 cm³/mol. The standard InChI is InChI=1S/C22H33Cl2N3O3/c1-14(18-7-6-17(23)12-19(18)24)26-20(28)15(2)27-10-8-16(9-11-27)13-25-21(29)30-22(3,4)5/h6-7,12,14-16H,8-11,13H2,1-5H3,(H,25,29)(H,26,28). The highest BCUT2D eigenvalue weighted by Crippen LogP contribution is 2.26. The second kappa shape index (κ2) is 10.7. The molecule has 0 bridgehead atoms. The van der Waals surface area contributed by atoms with E-state index in [2.05, 4.69) is 15.5 Å². The van der Waals surface area contributed by atoms with Gasteiger partial charge in [0.2, 0.25) is 5.91 Å². The van der Waals surface area contributed by atoms with E-state index in [1.807, 2.05) is 40.7 Å². The summed E-state index contributed by atoms with van der Waals surface area (Å²) in [7, 11) is 0. The minimum Gasteiger partial charge on any atom is -0.444 e. The lowest BCUT2D eigenvalue weighted by Gasteiger charge is -2.35. The molecule has 1 aromatic carbocycles. The molecule has 0 aliphatic carbocycles. The smallest absolute Gasteiger partial charge is 0.407 e. The van der Waals surface area contributed by atoms with E-state index in [0.29, 0.717) is 22.5 Å². The number of halogens is 2. The number of amides is 2. The van der Waals surface area contributed by atoms with E-state index in [4.69, 9.17) is 27.9 Å². The normalized spacial score (nSPS) is 17.8. The van der Waals surface area contributed by atoms with Gasteiger partial charge in [-0.1, -0.05) is 29.3 Å². The molecule has 0 saturated carbocycles. The molecule has 168 valence electrons. The number of benzene rings is 1. The Hall–Kier alpha value is -1.50. The van der Waals surface area contributed by atoms with Crippen molar-refractivity contribution in [2.75, 3.05) is 19.6 Å². The molecule has 2 unspecified atom stereocenters. The predicted octanol–water partition coefficient (Wildman–Crippen LogP) is 4.80. The lowest BCUT2D eigenvalue weighted by molar-refractivity contribution is -0.127. The van der Waals surface area contributed by atoms with Crippen LogP contribution in [-0.4, -0.2) is 48.2 Å². The van der Waals surface area contributed by atoms with Crippen LogP contribution in [-0.2, 0) is 9.53 Å². The zero-order valence-corrected chi connectivity index (χ0v) is 19.9. The lowest BCUT2D eigenvalue weighted by Crippen LogP contribution is -2.49. The number of rotatable bonds is 6. The van der Waals surface area contributed by atoms with E-state index >= 15 is 0 Å². The third-order valence-corrected chi connectivity index (χ3v) is 5.86. The molecule has 2 amide bonds. The van der Waals surface area contributed by atoms with Crippen LogP contribution in [0, 0.1) is 5.92 Å². The van der Waals surface area contributed by atoms with Crippen LogP contribution in [0.25, 0.3) is 0 Å². The first-order chi connectivity index (χ1) is 14.0. The average molecular weight is 458 g/mol. The van der Waals surface area contributed by atoms with Crippen molar-refractivity contribution in [3.63, 3.8) is 0 Å². The van der Waals surface area contributed by atoms with Gasteiger partial charge in [-0.2, -0.15) is 0 Å². The van der Waals surface area contributed by atoms with Crippen LogP contribution in [0.2, 0.25) is 10.0 Å². The fraction of sp³-hybridized carbons (Fsp3) is 0.636. The fourth-order valence-corrected chi connectivity index (χ4v) is 4.09. The number of hydrogen-bond donors (Lipinski definition) is 2. The molecule has 0 spiro atoms. The van der Waals surface area contributed by atoms with Crippen molar-refractivity contribution in [3.8, 4) is 0 Å². The molecule has 8 heteroatoms. The van der Waals surface area contributed by atoms with E-state index in [9.17, 15) is 9.59 Å². The largest absolute Gasteiger partial charge is 0.444 e. The average Bonchev–Trinajstić information content (AvgIpc) is 2.64. The second-order valence-corrected chi connectivity index (χ2v) is 9.78. The molecule has 1 aromatic rings. The summed E-state index contributed by atoms with van der Waals surface area (Å²) in [6.07, 6.45) is 1.46. The molecule has 1 aliphatic heterocycles. The molecule has 0 aromatic heterocycles. The van der Waals surface area contributed by atoms with Gasteiger partial charge in [-0.05, 0) is 84.2 Å². The van der Waals surface area contributed by atoms with Crippen molar-refractivity contribution in [3.05, 3.63) is 33.8 Å². The van der Waals surface area contributed by atoms with Gasteiger partial charge in [0.1, 0.15) is 5.60 Å². The van der Waals surface area contributed by atoms with E-state index in [1.54, 1.807) is 12.1 Å². The Balaban J connectivity index is 1.78. The molecular formula is C22H33Cl2N3O3. The maximum atomic E-state index is 12.7. The summed E-state index contributed by atoms with van der Waals surface area (Å²) in [6.45, 7) is 11.6. The summed E-state index contributed by atoms with van der Waals surface area (Å²) < 4.78 is 5.28. The zero-order chi connectivity index (χ0) is 22.5. The van der Waals surface area contributed by atoms with E-state index in [0.717, 1.165) is 31.5 Å². The molecule has 6 nitrogen and oxygen atoms in total. The van der Waals surface area contributed by atoms with Crippen molar-refractivity contribution >= 4 is 35.2 Å². The van der Waals surface area contributed by atoms with Crippen molar-refractivity contribution in [1.29, 1.82) is 0 Å². The summed E-state index contributed by atoms with van der Waals surface area (Å²) in [5.41, 5.74) is 0.345. The molecule has 1 saturated heterocycles. The molecular weight excluding hydrogens is 425 g/mol. The van der Waals surface area contributed by atoms with Crippen LogP contribution in [0.3, 0.4) is 0 Å². The van der Waals surface area contributed by atoms with Crippen molar-refractivity contribution in [2.45, 2.75) is 65.1 Å². The van der Waals surface area contributed by atoms with Gasteiger partial charge in [-0.15, -0.1) is 0 Å². The second-order valence-electron chi connectivity index (χ2n) is 8.93. The number of carbonyl (C=O) groups is 2. The molecule has 1 fully saturated rings. The van der Waals surface area contributed by atoms with Crippen molar-refractivity contribution < 1.29 is 14.3 Å². The Morgan fingerprint density at radius 2 is 1.83 bits per heavy atom. The van der Waals surface area contributed by atoms with Crippen molar-refractivity contribution in [1.82, 2.24) is 15.5 Å². The maximum Gasteiger partial charge on any atom is 0.407 e. The summed E-state index contributed by atoms with van der Waals surface area (Å²) in [5.74, 6) is 0.356. The van der Waals surface area contributed by atoms with E-state index in [1.165, 1.54) is 0 Å². The van der Waals surface area contributed by atoms with Gasteiger partial charge >= 0.3 is 6.09 Å². The molecule has 2 atom stereocenters. The Bertz CT molecular complexity index is 744. The molecule has 30 heavy (non-hydrogen) atoms. The SMILES string of the molecule is CC(NC(=O)C(C)N1CCC(CNC(=O)OC(C)(C)C)CC1)c1ccc(Cl)cc1Cl. The Morgan fingerprint density at radius 1 is 1.20 bits per heavy atom. The maximum absolute atomic E-state index is 12.7. The Kier molecular flexibility index (Phi) is 8.83. The summed E-state index contributed by atoms with van der Waals surface area (Å²) in [4.78, 5) is 26.7. The van der Waals surface area contributed by atoms with Crippen LogP contribution < -0.4 is 10.6 Å². The van der Waals surface area contributed by atoms with Crippen LogP contribution >= 0.6 is 23.2 Å². The van der Waals surface area contributed by atoms with Crippen LogP contribution in [0.4, 0.5) is 4.79 Å². The monoisotopic (exact) mass is 457 g/mol. The van der Waals surface area contributed by atoms with Gasteiger partial charge in [0.25, 0.3) is 0 Å². The number of carbonyl (C=O) groups excluding carboxylic acids is 2. The molecule has 1 heterocycles. The quantitative estimate of drug-likeness (QED) is 0.643. The highest BCUT2D eigenvalue weighted by Gasteiger charge is 2.28. The number of nitrogens with one attached hydrogen (secondary N) is 2. The molecule has 1 aliphatic rings. The molecule has 2 N–H and O–H groups in total. The van der Waals surface area contributed by atoms with Gasteiger partial charge in [-0.3, -0.25) is 9.69 Å². The number of hydrogen-bond acceptors (Lipinski definition) is 4. The fourth-order valence-electron chi connectivity index (χ4n) is 3.52. The first kappa shape index (κ1) is 24.8. The molecule has 0 radical (unpaired) electrons. The Labute approximate surface area is 189 Å². The summed E-state index contributed by atoms with van der Waals surface area (Å²) in [6, 6.07) is 4.84. The van der Waals surface area contributed by atoms with Crippen LogP contribution in [0.1, 0.15) is 59.1 Å². The summed E-state index contributed by atoms with van der Waals surface area (Å²) in [5, 5.41) is 7.01. The number of alkyl carbamates (subject to hydrolysis) is 1. The van der Waals surface area contributed by atoms with Crippen LogP contribution in [0.15, 0.2) is 18.2 Å². The van der Waals surface area contributed by atoms with E-state index in [-0.39, 0.29) is 24.1 Å². The van der Waals surface area contributed by atoms with Crippen LogP contribution in [0.5, 0.6) is 0 Å².